The van der Waals surface area contributed by atoms with E-state index in [1.54, 1.807) is 0 Å². The molecule has 3 nitrogen and oxygen atoms in total. The molecule has 1 heterocycles. The second kappa shape index (κ2) is 11.1. The molecular formula is C32H39BO3. The lowest BCUT2D eigenvalue weighted by atomic mass is 9.78. The predicted molar refractivity (Wildman–Crippen MR) is 152 cm³/mol. The normalized spacial score (nSPS) is 17.1. The summed E-state index contributed by atoms with van der Waals surface area (Å²) in [6.07, 6.45) is 3.12. The fourth-order valence-corrected chi connectivity index (χ4v) is 4.52. The summed E-state index contributed by atoms with van der Waals surface area (Å²) in [6, 6.07) is 27.9. The predicted octanol–water partition coefficient (Wildman–Crippen LogP) is 7.53. The summed E-state index contributed by atoms with van der Waals surface area (Å²) in [5, 5.41) is 0. The van der Waals surface area contributed by atoms with E-state index in [0.717, 1.165) is 37.1 Å². The zero-order valence-corrected chi connectivity index (χ0v) is 22.6. The quantitative estimate of drug-likeness (QED) is 0.179. The third-order valence-electron chi connectivity index (χ3n) is 7.41. The molecule has 0 radical (unpaired) electrons. The molecule has 4 rings (SSSR count). The minimum absolute atomic E-state index is 0.356. The van der Waals surface area contributed by atoms with Crippen molar-refractivity contribution in [3.63, 3.8) is 0 Å². The minimum Gasteiger partial charge on any atom is -0.494 e. The Hall–Kier alpha value is -2.82. The second-order valence-corrected chi connectivity index (χ2v) is 10.5. The van der Waals surface area contributed by atoms with Crippen molar-refractivity contribution in [2.45, 2.75) is 72.0 Å². The van der Waals surface area contributed by atoms with Gasteiger partial charge in [-0.2, -0.15) is 0 Å². The van der Waals surface area contributed by atoms with Gasteiger partial charge in [0.25, 0.3) is 0 Å². The van der Waals surface area contributed by atoms with Gasteiger partial charge in [0.1, 0.15) is 5.75 Å². The zero-order valence-electron chi connectivity index (χ0n) is 22.6. The van der Waals surface area contributed by atoms with Gasteiger partial charge in [0.05, 0.1) is 17.8 Å². The van der Waals surface area contributed by atoms with E-state index in [2.05, 4.69) is 120 Å². The highest BCUT2D eigenvalue weighted by atomic mass is 16.7. The minimum atomic E-state index is -0.365. The molecule has 0 atom stereocenters. The fraction of sp³-hybridized carbons (Fsp3) is 0.375. The van der Waals surface area contributed by atoms with Gasteiger partial charge in [-0.1, -0.05) is 87.0 Å². The number of hydrogen-bond donors (Lipinski definition) is 0. The largest absolute Gasteiger partial charge is 0.494 e. The topological polar surface area (TPSA) is 27.7 Å². The molecule has 188 valence electrons. The first-order valence-corrected chi connectivity index (χ1v) is 13.2. The summed E-state index contributed by atoms with van der Waals surface area (Å²) in [4.78, 5) is 0. The standard InChI is InChI=1S/C32H39BO3/c1-7-9-23-34-28-21-17-26(18-22-28)30(29(8-2)24-13-11-10-12-14-24)25-15-19-27(20-16-25)33-35-31(3,4)32(5,6)36-33/h10-22H,7-9,23H2,1-6H3. The first-order chi connectivity index (χ1) is 17.3. The molecule has 0 aromatic heterocycles. The number of benzene rings is 3. The second-order valence-electron chi connectivity index (χ2n) is 10.5. The Morgan fingerprint density at radius 3 is 1.81 bits per heavy atom. The van der Waals surface area contributed by atoms with Crippen molar-refractivity contribution in [3.05, 3.63) is 95.6 Å². The highest BCUT2D eigenvalue weighted by Crippen LogP contribution is 2.37. The van der Waals surface area contributed by atoms with Crippen molar-refractivity contribution in [1.29, 1.82) is 0 Å². The molecule has 1 fully saturated rings. The van der Waals surface area contributed by atoms with Crippen LogP contribution in [0.25, 0.3) is 11.1 Å². The molecule has 3 aromatic rings. The monoisotopic (exact) mass is 482 g/mol. The first kappa shape index (κ1) is 26.3. The van der Waals surface area contributed by atoms with Gasteiger partial charge < -0.3 is 14.0 Å². The molecule has 1 aliphatic heterocycles. The van der Waals surface area contributed by atoms with Crippen LogP contribution in [0.4, 0.5) is 0 Å². The maximum Gasteiger partial charge on any atom is 0.494 e. The van der Waals surface area contributed by atoms with Crippen molar-refractivity contribution in [3.8, 4) is 5.75 Å². The highest BCUT2D eigenvalue weighted by Gasteiger charge is 2.51. The van der Waals surface area contributed by atoms with Crippen LogP contribution in [0, 0.1) is 0 Å². The van der Waals surface area contributed by atoms with E-state index in [0.29, 0.717) is 0 Å². The first-order valence-electron chi connectivity index (χ1n) is 13.2. The van der Waals surface area contributed by atoms with Crippen molar-refractivity contribution < 1.29 is 14.0 Å². The van der Waals surface area contributed by atoms with E-state index in [9.17, 15) is 0 Å². The van der Waals surface area contributed by atoms with E-state index in [4.69, 9.17) is 14.0 Å². The number of allylic oxidation sites excluding steroid dienone is 1. The number of rotatable bonds is 9. The van der Waals surface area contributed by atoms with Crippen molar-refractivity contribution in [2.24, 2.45) is 0 Å². The smallest absolute Gasteiger partial charge is 0.494 e. The van der Waals surface area contributed by atoms with Crippen LogP contribution in [0.3, 0.4) is 0 Å². The Morgan fingerprint density at radius 1 is 0.722 bits per heavy atom. The van der Waals surface area contributed by atoms with E-state index in [1.807, 2.05) is 0 Å². The van der Waals surface area contributed by atoms with Gasteiger partial charge in [-0.05, 0) is 86.0 Å². The number of hydrogen-bond acceptors (Lipinski definition) is 3. The summed E-state index contributed by atoms with van der Waals surface area (Å²) in [6.45, 7) is 13.5. The van der Waals surface area contributed by atoms with E-state index < -0.39 is 0 Å². The third kappa shape index (κ3) is 5.61. The number of unbranched alkanes of at least 4 members (excludes halogenated alkanes) is 1. The lowest BCUT2D eigenvalue weighted by molar-refractivity contribution is 0.00578. The van der Waals surface area contributed by atoms with Crippen molar-refractivity contribution in [1.82, 2.24) is 0 Å². The van der Waals surface area contributed by atoms with Crippen LogP contribution in [0.5, 0.6) is 5.75 Å². The Balaban J connectivity index is 1.71. The SMILES string of the molecule is CCCCOc1ccc(C(=C(CC)c2ccccc2)c2ccc(B3OC(C)(C)C(C)(C)O3)cc2)cc1. The van der Waals surface area contributed by atoms with Crippen LogP contribution in [0.2, 0.25) is 0 Å². The van der Waals surface area contributed by atoms with Crippen molar-refractivity contribution in [2.75, 3.05) is 6.61 Å². The lowest BCUT2D eigenvalue weighted by Gasteiger charge is -2.32. The fourth-order valence-electron chi connectivity index (χ4n) is 4.52. The van der Waals surface area contributed by atoms with Gasteiger partial charge in [-0.3, -0.25) is 0 Å². The van der Waals surface area contributed by atoms with E-state index >= 15 is 0 Å². The maximum atomic E-state index is 6.28. The molecule has 0 bridgehead atoms. The van der Waals surface area contributed by atoms with Gasteiger partial charge in [0.15, 0.2) is 0 Å². The average Bonchev–Trinajstić information content (AvgIpc) is 3.10. The summed E-state index contributed by atoms with van der Waals surface area (Å²) in [7, 11) is -0.365. The lowest BCUT2D eigenvalue weighted by Crippen LogP contribution is -2.41. The summed E-state index contributed by atoms with van der Waals surface area (Å²) in [5.41, 5.74) is 6.48. The summed E-state index contributed by atoms with van der Waals surface area (Å²) < 4.78 is 18.5. The number of ether oxygens (including phenoxy) is 1. The third-order valence-corrected chi connectivity index (χ3v) is 7.41. The Morgan fingerprint density at radius 2 is 1.28 bits per heavy atom. The van der Waals surface area contributed by atoms with Gasteiger partial charge in [-0.25, -0.2) is 0 Å². The van der Waals surface area contributed by atoms with Crippen LogP contribution < -0.4 is 10.2 Å². The van der Waals surface area contributed by atoms with Crippen LogP contribution in [-0.2, 0) is 9.31 Å². The van der Waals surface area contributed by atoms with Crippen LogP contribution in [-0.4, -0.2) is 24.9 Å². The average molecular weight is 482 g/mol. The Bertz CT molecular complexity index is 1150. The van der Waals surface area contributed by atoms with E-state index in [1.165, 1.54) is 27.8 Å². The molecule has 1 saturated heterocycles. The van der Waals surface area contributed by atoms with Crippen molar-refractivity contribution >= 4 is 23.7 Å². The van der Waals surface area contributed by atoms with E-state index in [-0.39, 0.29) is 18.3 Å². The molecule has 0 amide bonds. The molecule has 0 N–H and O–H groups in total. The van der Waals surface area contributed by atoms with Crippen LogP contribution in [0.1, 0.15) is 77.5 Å². The maximum absolute atomic E-state index is 6.28. The molecule has 0 spiro atoms. The van der Waals surface area contributed by atoms with Gasteiger partial charge in [0, 0.05) is 0 Å². The highest BCUT2D eigenvalue weighted by molar-refractivity contribution is 6.62. The molecule has 36 heavy (non-hydrogen) atoms. The Kier molecular flexibility index (Phi) is 8.07. The van der Waals surface area contributed by atoms with Gasteiger partial charge in [-0.15, -0.1) is 0 Å². The summed E-state index contributed by atoms with van der Waals surface area (Å²) in [5.74, 6) is 0.917. The molecule has 0 saturated carbocycles. The van der Waals surface area contributed by atoms with Gasteiger partial charge >= 0.3 is 7.12 Å². The molecule has 1 aliphatic rings. The molecule has 0 unspecified atom stereocenters. The molecule has 3 aromatic carbocycles. The Labute approximate surface area is 217 Å². The summed E-state index contributed by atoms with van der Waals surface area (Å²) >= 11 is 0. The molecule has 4 heteroatoms. The van der Waals surface area contributed by atoms with Gasteiger partial charge in [0.2, 0.25) is 0 Å². The molecule has 0 aliphatic carbocycles. The van der Waals surface area contributed by atoms with Crippen LogP contribution in [0.15, 0.2) is 78.9 Å². The molecular weight excluding hydrogens is 443 g/mol. The zero-order chi connectivity index (χ0) is 25.8. The van der Waals surface area contributed by atoms with Crippen LogP contribution >= 0.6 is 0 Å².